The summed E-state index contributed by atoms with van der Waals surface area (Å²) in [6.45, 7) is 2.10. The van der Waals surface area contributed by atoms with Gasteiger partial charge in [0.15, 0.2) is 0 Å². The van der Waals surface area contributed by atoms with Crippen LogP contribution in [-0.2, 0) is 25.6 Å². The number of fused-ring (bicyclic) bond motifs is 1. The fourth-order valence-electron chi connectivity index (χ4n) is 4.72. The van der Waals surface area contributed by atoms with E-state index >= 15 is 0 Å². The second-order valence-corrected chi connectivity index (χ2v) is 11.3. The van der Waals surface area contributed by atoms with Gasteiger partial charge in [0.05, 0.1) is 25.1 Å². The van der Waals surface area contributed by atoms with Crippen LogP contribution >= 0.6 is 11.6 Å². The number of hydrogen-bond donors (Lipinski definition) is 5. The summed E-state index contributed by atoms with van der Waals surface area (Å²) in [5, 5.41) is 14.0. The Morgan fingerprint density at radius 3 is 2.40 bits per heavy atom. The topological polar surface area (TPSA) is 164 Å². The molecule has 0 aromatic heterocycles. The lowest BCUT2D eigenvalue weighted by Crippen LogP contribution is -2.55. The smallest absolute Gasteiger partial charge is 0.255 e. The van der Waals surface area contributed by atoms with Crippen LogP contribution in [0.15, 0.2) is 78.9 Å². The maximum atomic E-state index is 13.3. The molecule has 0 unspecified atom stereocenters. The summed E-state index contributed by atoms with van der Waals surface area (Å²) < 4.78 is 11.5. The molecule has 13 heteroatoms. The molecule has 12 nitrogen and oxygen atoms in total. The van der Waals surface area contributed by atoms with Crippen molar-refractivity contribution < 1.29 is 33.4 Å². The van der Waals surface area contributed by atoms with E-state index < -0.39 is 54.1 Å². The Morgan fingerprint density at radius 1 is 0.915 bits per heavy atom. The molecule has 1 aliphatic rings. The number of hydrogen-bond acceptors (Lipinski definition) is 7. The zero-order chi connectivity index (χ0) is 33.6. The van der Waals surface area contributed by atoms with Gasteiger partial charge in [-0.1, -0.05) is 54.1 Å². The molecule has 0 spiro atoms. The van der Waals surface area contributed by atoms with Crippen molar-refractivity contribution in [2.75, 3.05) is 26.3 Å². The third-order valence-corrected chi connectivity index (χ3v) is 7.44. The van der Waals surface area contributed by atoms with Crippen LogP contribution < -0.4 is 36.1 Å². The Morgan fingerprint density at radius 2 is 1.64 bits per heavy atom. The number of para-hydroxylation sites is 1. The minimum atomic E-state index is -1.29. The van der Waals surface area contributed by atoms with Gasteiger partial charge in [0, 0.05) is 18.0 Å². The van der Waals surface area contributed by atoms with E-state index in [1.807, 2.05) is 30.3 Å². The molecule has 5 amide bonds. The number of amides is 5. The lowest BCUT2D eigenvalue weighted by molar-refractivity contribution is -0.132. The third kappa shape index (κ3) is 11.0. The minimum Gasteiger partial charge on any atom is -0.493 e. The van der Waals surface area contributed by atoms with Crippen molar-refractivity contribution in [1.29, 1.82) is 0 Å². The summed E-state index contributed by atoms with van der Waals surface area (Å²) in [5.41, 5.74) is 1.01. The average molecular weight is 664 g/mol. The second kappa shape index (κ2) is 17.6. The van der Waals surface area contributed by atoms with E-state index in [-0.39, 0.29) is 44.0 Å². The van der Waals surface area contributed by atoms with E-state index in [0.29, 0.717) is 17.2 Å². The molecule has 248 valence electrons. The van der Waals surface area contributed by atoms with Crippen LogP contribution in [0.2, 0.25) is 5.02 Å². The van der Waals surface area contributed by atoms with Gasteiger partial charge in [-0.2, -0.15) is 0 Å². The number of nitrogens with one attached hydrogen (secondary N) is 5. The van der Waals surface area contributed by atoms with E-state index in [9.17, 15) is 24.0 Å². The molecule has 1 aliphatic heterocycles. The van der Waals surface area contributed by atoms with Gasteiger partial charge in [-0.05, 0) is 55.3 Å². The zero-order valence-electron chi connectivity index (χ0n) is 25.9. The van der Waals surface area contributed by atoms with Gasteiger partial charge in [-0.25, -0.2) is 0 Å². The fraction of sp³-hybridized carbons (Fsp3) is 0.324. The van der Waals surface area contributed by atoms with Gasteiger partial charge in [-0.3, -0.25) is 24.0 Å². The van der Waals surface area contributed by atoms with Crippen LogP contribution in [0.5, 0.6) is 11.5 Å². The predicted octanol–water partition coefficient (Wildman–Crippen LogP) is 2.15. The SMILES string of the molecule is C[C@@H]1NC(=O)C[C@@H](C(=O)NCCOc2ccc(Cl)cc2)NC(=O)c2ccccc2OCCCNC(=O)[C@H](Cc2ccccc2)NC1=O. The fourth-order valence-corrected chi connectivity index (χ4v) is 4.84. The minimum absolute atomic E-state index is 0.0822. The molecule has 0 saturated heterocycles. The van der Waals surface area contributed by atoms with E-state index in [4.69, 9.17) is 21.1 Å². The molecule has 0 radical (unpaired) electrons. The summed E-state index contributed by atoms with van der Waals surface area (Å²) >= 11 is 5.90. The first-order chi connectivity index (χ1) is 22.7. The van der Waals surface area contributed by atoms with Crippen molar-refractivity contribution in [2.45, 2.75) is 44.3 Å². The highest BCUT2D eigenvalue weighted by molar-refractivity contribution is 6.30. The molecule has 47 heavy (non-hydrogen) atoms. The predicted molar refractivity (Wildman–Crippen MR) is 175 cm³/mol. The van der Waals surface area contributed by atoms with Crippen LogP contribution in [0.25, 0.3) is 0 Å². The molecule has 0 fully saturated rings. The maximum Gasteiger partial charge on any atom is 0.255 e. The Bertz CT molecular complexity index is 1540. The Kier molecular flexibility index (Phi) is 13.0. The Hall–Kier alpha value is -5.10. The third-order valence-electron chi connectivity index (χ3n) is 7.19. The van der Waals surface area contributed by atoms with Crippen LogP contribution in [0.4, 0.5) is 0 Å². The highest BCUT2D eigenvalue weighted by Gasteiger charge is 2.29. The van der Waals surface area contributed by atoms with Gasteiger partial charge in [0.25, 0.3) is 5.91 Å². The highest BCUT2D eigenvalue weighted by atomic mass is 35.5. The van der Waals surface area contributed by atoms with Crippen molar-refractivity contribution in [3.05, 3.63) is 95.0 Å². The number of rotatable bonds is 7. The number of carbonyl (C=O) groups excluding carboxylic acids is 5. The van der Waals surface area contributed by atoms with E-state index in [2.05, 4.69) is 26.6 Å². The average Bonchev–Trinajstić information content (AvgIpc) is 3.06. The van der Waals surface area contributed by atoms with Crippen LogP contribution in [0.3, 0.4) is 0 Å². The van der Waals surface area contributed by atoms with Crippen LogP contribution in [0, 0.1) is 0 Å². The molecule has 3 aromatic carbocycles. The number of ether oxygens (including phenoxy) is 2. The summed E-state index contributed by atoms with van der Waals surface area (Å²) in [7, 11) is 0. The molecule has 0 aliphatic carbocycles. The summed E-state index contributed by atoms with van der Waals surface area (Å²) in [5.74, 6) is -2.07. The van der Waals surface area contributed by atoms with E-state index in [0.717, 1.165) is 5.56 Å². The number of carbonyl (C=O) groups is 5. The van der Waals surface area contributed by atoms with Gasteiger partial charge in [0.2, 0.25) is 23.6 Å². The molecule has 0 saturated carbocycles. The normalized spacial score (nSPS) is 19.7. The first-order valence-corrected chi connectivity index (χ1v) is 15.7. The van der Waals surface area contributed by atoms with Gasteiger partial charge < -0.3 is 36.1 Å². The van der Waals surface area contributed by atoms with Crippen molar-refractivity contribution in [1.82, 2.24) is 26.6 Å². The van der Waals surface area contributed by atoms with Gasteiger partial charge in [-0.15, -0.1) is 0 Å². The van der Waals surface area contributed by atoms with Crippen molar-refractivity contribution >= 4 is 41.1 Å². The quantitative estimate of drug-likeness (QED) is 0.242. The zero-order valence-corrected chi connectivity index (χ0v) is 26.7. The molecule has 1 heterocycles. The van der Waals surface area contributed by atoms with Crippen molar-refractivity contribution in [2.24, 2.45) is 0 Å². The monoisotopic (exact) mass is 663 g/mol. The summed E-state index contributed by atoms with van der Waals surface area (Å²) in [4.78, 5) is 66.0. The molecule has 3 aromatic rings. The van der Waals surface area contributed by atoms with Crippen LogP contribution in [-0.4, -0.2) is 74.0 Å². The van der Waals surface area contributed by atoms with E-state index in [1.54, 1.807) is 48.5 Å². The lowest BCUT2D eigenvalue weighted by atomic mass is 10.0. The van der Waals surface area contributed by atoms with Gasteiger partial charge >= 0.3 is 0 Å². The largest absolute Gasteiger partial charge is 0.493 e. The molecule has 4 rings (SSSR count). The number of benzene rings is 3. The van der Waals surface area contributed by atoms with Crippen molar-refractivity contribution in [3.8, 4) is 11.5 Å². The van der Waals surface area contributed by atoms with Gasteiger partial charge in [0.1, 0.15) is 36.2 Å². The first kappa shape index (κ1) is 34.8. The maximum absolute atomic E-state index is 13.3. The van der Waals surface area contributed by atoms with Crippen LogP contribution in [0.1, 0.15) is 35.7 Å². The standard InChI is InChI=1S/C34H38ClN5O7/c1-22-31(42)39-27(20-23-8-3-2-4-9-23)33(44)36-16-7-18-47-29-11-6-5-10-26(29)32(43)40-28(21-30(41)38-22)34(45)37-17-19-46-25-14-12-24(35)13-15-25/h2-6,8-15,22,27-28H,7,16-21H2,1H3,(H,36,44)(H,37,45)(H,38,41)(H,39,42)(H,40,43)/t22-,27-,28-/m0/s1. The Labute approximate surface area is 277 Å². The molecule has 5 N–H and O–H groups in total. The number of halogens is 1. The molecule has 0 bridgehead atoms. The Balaban J connectivity index is 1.49. The highest BCUT2D eigenvalue weighted by Crippen LogP contribution is 2.19. The summed E-state index contributed by atoms with van der Waals surface area (Å²) in [6, 6.07) is 19.2. The first-order valence-electron chi connectivity index (χ1n) is 15.3. The molecular formula is C34H38ClN5O7. The van der Waals surface area contributed by atoms with E-state index in [1.165, 1.54) is 6.92 Å². The lowest BCUT2D eigenvalue weighted by Gasteiger charge is -2.23. The molecular weight excluding hydrogens is 626 g/mol. The summed E-state index contributed by atoms with van der Waals surface area (Å²) in [6.07, 6.45) is 0.187. The van der Waals surface area contributed by atoms with Crippen molar-refractivity contribution in [3.63, 3.8) is 0 Å². The second-order valence-electron chi connectivity index (χ2n) is 10.9. The molecule has 3 atom stereocenters.